The monoisotopic (exact) mass is 528 g/mol. The lowest BCUT2D eigenvalue weighted by Gasteiger charge is -2.42. The van der Waals surface area contributed by atoms with E-state index in [1.54, 1.807) is 30.3 Å². The number of nitriles is 2. The van der Waals surface area contributed by atoms with Crippen molar-refractivity contribution in [3.05, 3.63) is 89.2 Å². The van der Waals surface area contributed by atoms with E-state index in [0.717, 1.165) is 0 Å². The molecule has 0 radical (unpaired) electrons. The molecule has 0 bridgehead atoms. The van der Waals surface area contributed by atoms with Crippen LogP contribution in [0.15, 0.2) is 66.8 Å². The second-order valence-electron chi connectivity index (χ2n) is 10.2. The lowest BCUT2D eigenvalue weighted by molar-refractivity contribution is -0.155. The van der Waals surface area contributed by atoms with Gasteiger partial charge in [0.15, 0.2) is 11.2 Å². The minimum absolute atomic E-state index is 0.0214. The van der Waals surface area contributed by atoms with Crippen molar-refractivity contribution in [3.8, 4) is 23.8 Å². The van der Waals surface area contributed by atoms with E-state index in [2.05, 4.69) is 17.6 Å². The molecule has 2 aliphatic heterocycles. The summed E-state index contributed by atoms with van der Waals surface area (Å²) in [6, 6.07) is 12.1. The van der Waals surface area contributed by atoms with Crippen LogP contribution in [0.25, 0.3) is 0 Å². The number of pyridine rings is 1. The van der Waals surface area contributed by atoms with Crippen LogP contribution in [0, 0.1) is 34.5 Å². The number of halogens is 1. The topological polar surface area (TPSA) is 123 Å². The van der Waals surface area contributed by atoms with Crippen LogP contribution in [-0.2, 0) is 11.2 Å². The largest absolute Gasteiger partial charge is 0.481 e. The molecule has 3 aliphatic rings. The quantitative estimate of drug-likeness (QED) is 0.525. The van der Waals surface area contributed by atoms with Gasteiger partial charge >= 0.3 is 0 Å². The van der Waals surface area contributed by atoms with E-state index in [9.17, 15) is 25.1 Å². The molecule has 1 aromatic carbocycles. The first-order valence-electron chi connectivity index (χ1n) is 12.7. The number of allylic oxidation sites excluding steroid dienone is 4. The number of ether oxygens (including phenoxy) is 2. The highest BCUT2D eigenvalue weighted by Crippen LogP contribution is 2.68. The van der Waals surface area contributed by atoms with Gasteiger partial charge in [-0.15, -0.1) is 0 Å². The summed E-state index contributed by atoms with van der Waals surface area (Å²) in [5, 5.41) is 43.8. The fourth-order valence-corrected chi connectivity index (χ4v) is 6.37. The summed E-state index contributed by atoms with van der Waals surface area (Å²) in [4.78, 5) is 6.13. The van der Waals surface area contributed by atoms with Crippen molar-refractivity contribution in [1.82, 2.24) is 9.88 Å². The summed E-state index contributed by atoms with van der Waals surface area (Å²) < 4.78 is 26.0. The molecule has 2 fully saturated rings. The molecular formula is C30H29FN4O4. The summed E-state index contributed by atoms with van der Waals surface area (Å²) in [6.07, 6.45) is 4.97. The maximum Gasteiger partial charge on any atom is 0.224 e. The molecular weight excluding hydrogens is 499 g/mol. The van der Waals surface area contributed by atoms with Crippen molar-refractivity contribution in [1.29, 1.82) is 10.5 Å². The zero-order valence-corrected chi connectivity index (χ0v) is 21.7. The van der Waals surface area contributed by atoms with Crippen LogP contribution in [0.5, 0.6) is 11.6 Å². The van der Waals surface area contributed by atoms with Crippen LogP contribution >= 0.6 is 0 Å². The number of rotatable bonds is 7. The molecule has 0 unspecified atom stereocenters. The Morgan fingerprint density at radius 2 is 2.00 bits per heavy atom. The lowest BCUT2D eigenvalue weighted by atomic mass is 9.70. The van der Waals surface area contributed by atoms with Gasteiger partial charge in [-0.1, -0.05) is 43.0 Å². The van der Waals surface area contributed by atoms with E-state index >= 15 is 0 Å². The van der Waals surface area contributed by atoms with Crippen LogP contribution in [0.1, 0.15) is 29.3 Å². The first kappa shape index (κ1) is 26.6. The lowest BCUT2D eigenvalue weighted by Crippen LogP contribution is -2.53. The molecule has 1 aliphatic carbocycles. The van der Waals surface area contributed by atoms with Crippen molar-refractivity contribution < 1.29 is 24.1 Å². The molecule has 8 nitrogen and oxygen atoms in total. The number of aliphatic hydroxyl groups excluding tert-OH is 1. The standard InChI is InChI=1S/C30H29FN4O4/c1-4-5-6-7-18(2)25-23(17-35-15-21(31)16-35)27(36)29(37)26-24(12-22(14-33)34-28(26)38-3)39-30(25,29)20-10-8-19(13-32)9-11-20/h4-12,21,23,25,27,36-37H,2,15-17H2,1,3H3/b5-4-,7-6-/t23-,25-,27-,29+,30+/m1/s1. The SMILES string of the molecule is C=C(/C=C\C=C/C)[C@@H]1[C@@H](CN2CC(F)C2)[C@@H](O)[C@@]2(O)c3c(cc(C#N)nc3OC)O[C@@]12c1ccc(C#N)cc1. The van der Waals surface area contributed by atoms with Crippen molar-refractivity contribution in [3.63, 3.8) is 0 Å². The van der Waals surface area contributed by atoms with E-state index in [1.807, 2.05) is 36.1 Å². The summed E-state index contributed by atoms with van der Waals surface area (Å²) in [5.74, 6) is -1.21. The van der Waals surface area contributed by atoms with Gasteiger partial charge < -0.3 is 19.7 Å². The molecule has 200 valence electrons. The Bertz CT molecular complexity index is 1440. The van der Waals surface area contributed by atoms with Crippen LogP contribution in [0.4, 0.5) is 4.39 Å². The first-order valence-corrected chi connectivity index (χ1v) is 12.7. The maximum atomic E-state index is 13.8. The van der Waals surface area contributed by atoms with Gasteiger partial charge in [0.05, 0.1) is 30.4 Å². The molecule has 0 amide bonds. The maximum absolute atomic E-state index is 13.8. The molecule has 5 atom stereocenters. The molecule has 9 heteroatoms. The highest BCUT2D eigenvalue weighted by Gasteiger charge is 2.77. The number of benzene rings is 1. The average molecular weight is 529 g/mol. The summed E-state index contributed by atoms with van der Waals surface area (Å²) in [6.45, 7) is 6.95. The van der Waals surface area contributed by atoms with Gasteiger partial charge in [-0.05, 0) is 30.2 Å². The average Bonchev–Trinajstić information content (AvgIpc) is 3.30. The Morgan fingerprint density at radius 3 is 2.59 bits per heavy atom. The summed E-state index contributed by atoms with van der Waals surface area (Å²) in [5.41, 5.74) is -2.08. The van der Waals surface area contributed by atoms with Crippen molar-refractivity contribution in [2.45, 2.75) is 30.4 Å². The van der Waals surface area contributed by atoms with E-state index < -0.39 is 35.3 Å². The normalized spacial score (nSPS) is 29.9. The highest BCUT2D eigenvalue weighted by molar-refractivity contribution is 5.60. The summed E-state index contributed by atoms with van der Waals surface area (Å²) in [7, 11) is 1.37. The second-order valence-corrected chi connectivity index (χ2v) is 10.2. The third-order valence-corrected chi connectivity index (χ3v) is 8.01. The molecule has 1 aromatic heterocycles. The number of hydrogen-bond acceptors (Lipinski definition) is 8. The number of likely N-dealkylation sites (tertiary alicyclic amines) is 1. The number of alkyl halides is 1. The minimum Gasteiger partial charge on any atom is -0.481 e. The van der Waals surface area contributed by atoms with Crippen molar-refractivity contribution in [2.24, 2.45) is 11.8 Å². The predicted molar refractivity (Wildman–Crippen MR) is 140 cm³/mol. The predicted octanol–water partition coefficient (Wildman–Crippen LogP) is 3.26. The molecule has 39 heavy (non-hydrogen) atoms. The fraction of sp³-hybridized carbons (Fsp3) is 0.367. The number of hydrogen-bond donors (Lipinski definition) is 2. The molecule has 0 spiro atoms. The van der Waals surface area contributed by atoms with Gasteiger partial charge in [-0.25, -0.2) is 9.37 Å². The van der Waals surface area contributed by atoms with Crippen LogP contribution in [0.2, 0.25) is 0 Å². The Balaban J connectivity index is 1.78. The number of nitrogens with zero attached hydrogens (tertiary/aromatic N) is 4. The number of methoxy groups -OCH3 is 1. The minimum atomic E-state index is -2.09. The molecule has 2 aromatic rings. The van der Waals surface area contributed by atoms with Crippen molar-refractivity contribution in [2.75, 3.05) is 26.7 Å². The Kier molecular flexibility index (Phi) is 6.77. The zero-order valence-electron chi connectivity index (χ0n) is 21.7. The van der Waals surface area contributed by atoms with Gasteiger partial charge in [0, 0.05) is 37.5 Å². The Labute approximate surface area is 226 Å². The number of aliphatic hydroxyl groups is 2. The molecule has 1 saturated heterocycles. The van der Waals surface area contributed by atoms with Crippen LogP contribution in [0.3, 0.4) is 0 Å². The van der Waals surface area contributed by atoms with Crippen molar-refractivity contribution >= 4 is 0 Å². The van der Waals surface area contributed by atoms with E-state index in [0.29, 0.717) is 16.7 Å². The van der Waals surface area contributed by atoms with Crippen LogP contribution < -0.4 is 9.47 Å². The van der Waals surface area contributed by atoms with Gasteiger partial charge in [-0.3, -0.25) is 4.90 Å². The second kappa shape index (κ2) is 9.94. The van der Waals surface area contributed by atoms with E-state index in [4.69, 9.17) is 9.47 Å². The highest BCUT2D eigenvalue weighted by atomic mass is 19.1. The molecule has 1 saturated carbocycles. The molecule has 5 rings (SSSR count). The smallest absolute Gasteiger partial charge is 0.224 e. The molecule has 2 N–H and O–H groups in total. The van der Waals surface area contributed by atoms with E-state index in [-0.39, 0.29) is 42.5 Å². The third kappa shape index (κ3) is 3.85. The molecule has 3 heterocycles. The zero-order chi connectivity index (χ0) is 27.9. The fourth-order valence-electron chi connectivity index (χ4n) is 6.37. The van der Waals surface area contributed by atoms with Gasteiger partial charge in [-0.2, -0.15) is 10.5 Å². The first-order chi connectivity index (χ1) is 18.7. The Morgan fingerprint density at radius 1 is 1.28 bits per heavy atom. The van der Waals surface area contributed by atoms with Gasteiger partial charge in [0.2, 0.25) is 5.88 Å². The third-order valence-electron chi connectivity index (χ3n) is 8.01. The summed E-state index contributed by atoms with van der Waals surface area (Å²) >= 11 is 0. The van der Waals surface area contributed by atoms with Gasteiger partial charge in [0.1, 0.15) is 23.7 Å². The number of fused-ring (bicyclic) bond motifs is 3. The Hall–Kier alpha value is -4.02. The van der Waals surface area contributed by atoms with E-state index in [1.165, 1.54) is 13.2 Å². The van der Waals surface area contributed by atoms with Gasteiger partial charge in [0.25, 0.3) is 0 Å². The van der Waals surface area contributed by atoms with Crippen LogP contribution in [-0.4, -0.2) is 59.1 Å². The number of aromatic nitrogens is 1.